The van der Waals surface area contributed by atoms with Gasteiger partial charge in [0.2, 0.25) is 0 Å². The van der Waals surface area contributed by atoms with Crippen molar-refractivity contribution in [1.29, 1.82) is 0 Å². The summed E-state index contributed by atoms with van der Waals surface area (Å²) in [6.07, 6.45) is 1.94. The monoisotopic (exact) mass is 254 g/mol. The fourth-order valence-electron chi connectivity index (χ4n) is 1.59. The first kappa shape index (κ1) is 11.9. The molecule has 1 heterocycles. The second kappa shape index (κ2) is 6.24. The summed E-state index contributed by atoms with van der Waals surface area (Å²) in [6, 6.07) is 10.7. The first-order valence-electron chi connectivity index (χ1n) is 5.51. The number of hydrogen-bond acceptors (Lipinski definition) is 2. The lowest BCUT2D eigenvalue weighted by molar-refractivity contribution is 0.139. The van der Waals surface area contributed by atoms with Crippen molar-refractivity contribution in [2.24, 2.45) is 0 Å². The smallest absolute Gasteiger partial charge is 0.0514 e. The van der Waals surface area contributed by atoms with Crippen LogP contribution in [0.3, 0.4) is 0 Å². The first-order valence-corrected chi connectivity index (χ1v) is 6.86. The second-order valence-corrected chi connectivity index (χ2v) is 5.20. The van der Waals surface area contributed by atoms with Crippen molar-refractivity contribution in [3.63, 3.8) is 0 Å². The number of thiophene rings is 1. The van der Waals surface area contributed by atoms with E-state index in [0.717, 1.165) is 26.1 Å². The molecule has 0 aliphatic rings. The van der Waals surface area contributed by atoms with Crippen molar-refractivity contribution < 1.29 is 4.74 Å². The van der Waals surface area contributed by atoms with E-state index in [1.165, 1.54) is 15.0 Å². The van der Waals surface area contributed by atoms with Gasteiger partial charge in [-0.15, -0.1) is 22.9 Å². The number of fused-ring (bicyclic) bond motifs is 1. The molecule has 2 rings (SSSR count). The second-order valence-electron chi connectivity index (χ2n) is 3.66. The van der Waals surface area contributed by atoms with Crippen LogP contribution < -0.4 is 0 Å². The van der Waals surface area contributed by atoms with E-state index in [-0.39, 0.29) is 0 Å². The van der Waals surface area contributed by atoms with Crippen molar-refractivity contribution >= 4 is 33.0 Å². The van der Waals surface area contributed by atoms with Gasteiger partial charge in [-0.25, -0.2) is 0 Å². The molecule has 0 aliphatic carbocycles. The Morgan fingerprint density at radius 3 is 2.88 bits per heavy atom. The summed E-state index contributed by atoms with van der Waals surface area (Å²) in [4.78, 5) is 1.40. The summed E-state index contributed by atoms with van der Waals surface area (Å²) >= 11 is 7.43. The van der Waals surface area contributed by atoms with Gasteiger partial charge in [0.1, 0.15) is 0 Å². The number of ether oxygens (including phenoxy) is 1. The van der Waals surface area contributed by atoms with Crippen LogP contribution in [0.5, 0.6) is 0 Å². The van der Waals surface area contributed by atoms with Crippen LogP contribution in [0.15, 0.2) is 30.3 Å². The molecule has 0 fully saturated rings. The molecule has 0 radical (unpaired) electrons. The topological polar surface area (TPSA) is 9.23 Å². The predicted molar refractivity (Wildman–Crippen MR) is 71.7 cm³/mol. The Labute approximate surface area is 105 Å². The van der Waals surface area contributed by atoms with E-state index >= 15 is 0 Å². The van der Waals surface area contributed by atoms with Crippen molar-refractivity contribution in [3.8, 4) is 0 Å². The third kappa shape index (κ3) is 3.21. The SMILES string of the molecule is ClCCCOCCc1cc2ccccc2s1. The molecule has 86 valence electrons. The molecule has 0 bridgehead atoms. The molecule has 0 unspecified atom stereocenters. The highest BCUT2D eigenvalue weighted by Crippen LogP contribution is 2.25. The molecule has 0 spiro atoms. The van der Waals surface area contributed by atoms with Crippen molar-refractivity contribution in [3.05, 3.63) is 35.2 Å². The predicted octanol–water partition coefficient (Wildman–Crippen LogP) is 4.09. The Morgan fingerprint density at radius 2 is 2.06 bits per heavy atom. The lowest BCUT2D eigenvalue weighted by Crippen LogP contribution is -1.99. The highest BCUT2D eigenvalue weighted by molar-refractivity contribution is 7.19. The van der Waals surface area contributed by atoms with Crippen molar-refractivity contribution in [2.45, 2.75) is 12.8 Å². The first-order chi connectivity index (χ1) is 7.90. The van der Waals surface area contributed by atoms with Gasteiger partial charge in [-0.05, 0) is 23.9 Å². The fourth-order valence-corrected chi connectivity index (χ4v) is 2.75. The van der Waals surface area contributed by atoms with Gasteiger partial charge >= 0.3 is 0 Å². The van der Waals surface area contributed by atoms with Gasteiger partial charge in [-0.3, -0.25) is 0 Å². The summed E-state index contributed by atoms with van der Waals surface area (Å²) in [5, 5.41) is 1.34. The van der Waals surface area contributed by atoms with Crippen LogP contribution in [0.2, 0.25) is 0 Å². The minimum absolute atomic E-state index is 0.683. The standard InChI is InChI=1S/C13H15ClOS/c14-7-3-8-15-9-6-12-10-11-4-1-2-5-13(11)16-12/h1-2,4-5,10H,3,6-9H2. The minimum atomic E-state index is 0.683. The molecular formula is C13H15ClOS. The summed E-state index contributed by atoms with van der Waals surface area (Å²) in [5.74, 6) is 0.683. The average molecular weight is 255 g/mol. The molecule has 3 heteroatoms. The number of halogens is 1. The molecule has 0 saturated carbocycles. The Bertz CT molecular complexity index is 405. The van der Waals surface area contributed by atoms with Gasteiger partial charge < -0.3 is 4.74 Å². The Kier molecular flexibility index (Phi) is 4.64. The van der Waals surface area contributed by atoms with E-state index in [0.29, 0.717) is 5.88 Å². The molecule has 0 aliphatic heterocycles. The highest BCUT2D eigenvalue weighted by Gasteiger charge is 2.00. The zero-order valence-corrected chi connectivity index (χ0v) is 10.7. The van der Waals surface area contributed by atoms with E-state index < -0.39 is 0 Å². The van der Waals surface area contributed by atoms with Gasteiger partial charge in [0.05, 0.1) is 6.61 Å². The van der Waals surface area contributed by atoms with E-state index in [1.807, 2.05) is 11.3 Å². The molecular weight excluding hydrogens is 240 g/mol. The third-order valence-corrected chi connectivity index (χ3v) is 3.83. The molecule has 0 amide bonds. The minimum Gasteiger partial charge on any atom is -0.381 e. The zero-order chi connectivity index (χ0) is 11.2. The molecule has 2 aromatic rings. The van der Waals surface area contributed by atoms with Crippen molar-refractivity contribution in [2.75, 3.05) is 19.1 Å². The number of benzene rings is 1. The van der Waals surface area contributed by atoms with Gasteiger partial charge in [0.15, 0.2) is 0 Å². The number of hydrogen-bond donors (Lipinski definition) is 0. The largest absolute Gasteiger partial charge is 0.381 e. The summed E-state index contributed by atoms with van der Waals surface area (Å²) < 4.78 is 6.86. The zero-order valence-electron chi connectivity index (χ0n) is 9.12. The van der Waals surface area contributed by atoms with Gasteiger partial charge in [-0.1, -0.05) is 18.2 Å². The van der Waals surface area contributed by atoms with Crippen LogP contribution in [0, 0.1) is 0 Å². The van der Waals surface area contributed by atoms with E-state index in [9.17, 15) is 0 Å². The summed E-state index contributed by atoms with van der Waals surface area (Å²) in [6.45, 7) is 1.57. The lowest BCUT2D eigenvalue weighted by Gasteiger charge is -2.00. The maximum atomic E-state index is 5.57. The van der Waals surface area contributed by atoms with Crippen LogP contribution in [0.25, 0.3) is 10.1 Å². The van der Waals surface area contributed by atoms with Crippen LogP contribution in [-0.2, 0) is 11.2 Å². The van der Waals surface area contributed by atoms with E-state index in [4.69, 9.17) is 16.3 Å². The third-order valence-electron chi connectivity index (χ3n) is 2.39. The summed E-state index contributed by atoms with van der Waals surface area (Å²) in [7, 11) is 0. The highest BCUT2D eigenvalue weighted by atomic mass is 35.5. The molecule has 1 aromatic heterocycles. The quantitative estimate of drug-likeness (QED) is 0.557. The number of rotatable bonds is 6. The number of alkyl halides is 1. The Balaban J connectivity index is 1.85. The normalized spacial score (nSPS) is 11.1. The molecule has 0 atom stereocenters. The average Bonchev–Trinajstić information content (AvgIpc) is 2.71. The summed E-state index contributed by atoms with van der Waals surface area (Å²) in [5.41, 5.74) is 0. The Morgan fingerprint density at radius 1 is 1.19 bits per heavy atom. The van der Waals surface area contributed by atoms with Gasteiger partial charge in [0.25, 0.3) is 0 Å². The molecule has 1 nitrogen and oxygen atoms in total. The maximum absolute atomic E-state index is 5.57. The van der Waals surface area contributed by atoms with Crippen LogP contribution >= 0.6 is 22.9 Å². The van der Waals surface area contributed by atoms with E-state index in [2.05, 4.69) is 30.3 Å². The lowest BCUT2D eigenvalue weighted by atomic mass is 10.2. The fraction of sp³-hybridized carbons (Fsp3) is 0.385. The van der Waals surface area contributed by atoms with E-state index in [1.54, 1.807) is 0 Å². The molecule has 0 N–H and O–H groups in total. The van der Waals surface area contributed by atoms with Crippen LogP contribution in [-0.4, -0.2) is 19.1 Å². The van der Waals surface area contributed by atoms with Gasteiger partial charge in [0, 0.05) is 28.5 Å². The molecule has 1 aromatic carbocycles. The maximum Gasteiger partial charge on any atom is 0.0514 e. The van der Waals surface area contributed by atoms with Gasteiger partial charge in [-0.2, -0.15) is 0 Å². The van der Waals surface area contributed by atoms with Crippen molar-refractivity contribution in [1.82, 2.24) is 0 Å². The Hall–Kier alpha value is -0.570. The molecule has 16 heavy (non-hydrogen) atoms. The van der Waals surface area contributed by atoms with Crippen LogP contribution in [0.4, 0.5) is 0 Å². The van der Waals surface area contributed by atoms with Crippen LogP contribution in [0.1, 0.15) is 11.3 Å². The molecule has 0 saturated heterocycles.